The monoisotopic (exact) mass is 357 g/mol. The van der Waals surface area contributed by atoms with Crippen molar-refractivity contribution in [2.24, 2.45) is 4.99 Å². The largest absolute Gasteiger partial charge is 0.327 e. The van der Waals surface area contributed by atoms with E-state index in [4.69, 9.17) is 4.98 Å². The van der Waals surface area contributed by atoms with Gasteiger partial charge in [-0.15, -0.1) is 0 Å². The molecular formula is C20H19N7. The number of hydrogen-bond donors (Lipinski definition) is 1. The molecule has 7 nitrogen and oxygen atoms in total. The number of nitrogens with one attached hydrogen (secondary N) is 1. The Labute approximate surface area is 157 Å². The van der Waals surface area contributed by atoms with E-state index in [-0.39, 0.29) is 0 Å². The van der Waals surface area contributed by atoms with Crippen LogP contribution in [-0.4, -0.2) is 32.7 Å². The lowest BCUT2D eigenvalue weighted by Gasteiger charge is -2.26. The molecule has 0 aromatic carbocycles. The van der Waals surface area contributed by atoms with Gasteiger partial charge in [-0.05, 0) is 37.3 Å². The standard InChI is InChI=1S/C20H19N7/c1-14-12-16(6-10-22-14)17-4-5-18-20(26-17)27(11-3-8-23-18)15(2)25-19-7-9-21-13-24-19/h4-10,12-13H,2-3,11H2,1H3,(H,21,24,25). The van der Waals surface area contributed by atoms with E-state index in [9.17, 15) is 0 Å². The van der Waals surface area contributed by atoms with Crippen LogP contribution < -0.4 is 10.2 Å². The second-order valence-corrected chi connectivity index (χ2v) is 6.14. The Morgan fingerprint density at radius 1 is 1.15 bits per heavy atom. The zero-order valence-corrected chi connectivity index (χ0v) is 15.0. The van der Waals surface area contributed by atoms with Crippen LogP contribution >= 0.6 is 0 Å². The van der Waals surface area contributed by atoms with Crippen LogP contribution in [0.25, 0.3) is 11.3 Å². The molecule has 1 aliphatic heterocycles. The number of aromatic nitrogens is 4. The highest BCUT2D eigenvalue weighted by molar-refractivity contribution is 5.78. The molecular weight excluding hydrogens is 338 g/mol. The molecule has 3 aromatic rings. The second kappa shape index (κ2) is 7.33. The minimum atomic E-state index is 0.683. The maximum absolute atomic E-state index is 4.88. The van der Waals surface area contributed by atoms with Crippen molar-refractivity contribution in [3.05, 3.63) is 67.1 Å². The van der Waals surface area contributed by atoms with Gasteiger partial charge in [0, 0.05) is 42.8 Å². The van der Waals surface area contributed by atoms with Crippen LogP contribution in [0.5, 0.6) is 0 Å². The summed E-state index contributed by atoms with van der Waals surface area (Å²) < 4.78 is 0. The molecule has 3 aromatic heterocycles. The smallest absolute Gasteiger partial charge is 0.160 e. The Kier molecular flexibility index (Phi) is 4.57. The van der Waals surface area contributed by atoms with Gasteiger partial charge in [-0.2, -0.15) is 0 Å². The summed E-state index contributed by atoms with van der Waals surface area (Å²) in [5.41, 5.74) is 3.66. The Hall–Kier alpha value is -3.61. The lowest BCUT2D eigenvalue weighted by Crippen LogP contribution is -2.28. The zero-order chi connectivity index (χ0) is 18.6. The predicted octanol–water partition coefficient (Wildman–Crippen LogP) is 3.74. The molecule has 0 saturated carbocycles. The minimum Gasteiger partial charge on any atom is -0.327 e. The summed E-state index contributed by atoms with van der Waals surface area (Å²) in [5, 5.41) is 3.22. The van der Waals surface area contributed by atoms with Crippen LogP contribution in [0.3, 0.4) is 0 Å². The minimum absolute atomic E-state index is 0.683. The van der Waals surface area contributed by atoms with Crippen molar-refractivity contribution in [1.29, 1.82) is 0 Å². The van der Waals surface area contributed by atoms with E-state index in [0.29, 0.717) is 11.6 Å². The molecule has 0 amide bonds. The van der Waals surface area contributed by atoms with Gasteiger partial charge in [0.05, 0.1) is 5.69 Å². The van der Waals surface area contributed by atoms with Crippen molar-refractivity contribution < 1.29 is 0 Å². The molecule has 0 saturated heterocycles. The Balaban J connectivity index is 1.70. The fraction of sp³-hybridized carbons (Fsp3) is 0.150. The first-order chi connectivity index (χ1) is 13.2. The Bertz CT molecular complexity index is 998. The molecule has 4 heterocycles. The summed E-state index contributed by atoms with van der Waals surface area (Å²) in [6.07, 6.45) is 7.68. The van der Waals surface area contributed by atoms with E-state index >= 15 is 0 Å². The molecule has 134 valence electrons. The van der Waals surface area contributed by atoms with Gasteiger partial charge >= 0.3 is 0 Å². The van der Waals surface area contributed by atoms with Crippen LogP contribution in [-0.2, 0) is 0 Å². The quantitative estimate of drug-likeness (QED) is 0.766. The van der Waals surface area contributed by atoms with E-state index in [1.54, 1.807) is 18.5 Å². The van der Waals surface area contributed by atoms with Gasteiger partial charge in [0.1, 0.15) is 23.7 Å². The zero-order valence-electron chi connectivity index (χ0n) is 15.0. The maximum Gasteiger partial charge on any atom is 0.160 e. The molecule has 27 heavy (non-hydrogen) atoms. The van der Waals surface area contributed by atoms with Crippen LogP contribution in [0.4, 0.5) is 17.3 Å². The summed E-state index contributed by atoms with van der Waals surface area (Å²) >= 11 is 0. The van der Waals surface area contributed by atoms with Crippen molar-refractivity contribution in [2.75, 3.05) is 16.8 Å². The first-order valence-electron chi connectivity index (χ1n) is 8.67. The fourth-order valence-electron chi connectivity index (χ4n) is 2.90. The van der Waals surface area contributed by atoms with Crippen LogP contribution in [0.1, 0.15) is 12.1 Å². The van der Waals surface area contributed by atoms with E-state index in [2.05, 4.69) is 31.8 Å². The van der Waals surface area contributed by atoms with Crippen LogP contribution in [0.2, 0.25) is 0 Å². The first-order valence-corrected chi connectivity index (χ1v) is 8.67. The van der Waals surface area contributed by atoms with Crippen molar-refractivity contribution in [3.63, 3.8) is 0 Å². The fourth-order valence-corrected chi connectivity index (χ4v) is 2.90. The molecule has 1 N–H and O–H groups in total. The summed E-state index contributed by atoms with van der Waals surface area (Å²) in [5.74, 6) is 2.14. The molecule has 4 rings (SSSR count). The Morgan fingerprint density at radius 2 is 2.07 bits per heavy atom. The van der Waals surface area contributed by atoms with Crippen molar-refractivity contribution in [2.45, 2.75) is 13.3 Å². The van der Waals surface area contributed by atoms with E-state index < -0.39 is 0 Å². The van der Waals surface area contributed by atoms with Gasteiger partial charge in [0.2, 0.25) is 0 Å². The molecule has 1 aliphatic rings. The summed E-state index contributed by atoms with van der Waals surface area (Å²) in [6.45, 7) is 6.87. The first kappa shape index (κ1) is 16.8. The van der Waals surface area contributed by atoms with Crippen molar-refractivity contribution >= 4 is 23.5 Å². The van der Waals surface area contributed by atoms with Gasteiger partial charge < -0.3 is 10.2 Å². The van der Waals surface area contributed by atoms with E-state index in [1.165, 1.54) is 6.33 Å². The predicted molar refractivity (Wildman–Crippen MR) is 107 cm³/mol. The molecule has 0 bridgehead atoms. The third-order valence-electron chi connectivity index (χ3n) is 4.19. The Morgan fingerprint density at radius 3 is 2.89 bits per heavy atom. The molecule has 0 unspecified atom stereocenters. The topological polar surface area (TPSA) is 79.2 Å². The number of rotatable bonds is 4. The SMILES string of the molecule is C=C(Nc1ccncn1)N1CCC=Nc2ccc(-c3ccnc(C)c3)nc21. The van der Waals surface area contributed by atoms with E-state index in [0.717, 1.165) is 41.4 Å². The van der Waals surface area contributed by atoms with Gasteiger partial charge in [-0.3, -0.25) is 9.98 Å². The molecule has 0 fully saturated rings. The van der Waals surface area contributed by atoms with Crippen LogP contribution in [0.15, 0.2) is 66.4 Å². The van der Waals surface area contributed by atoms with Crippen molar-refractivity contribution in [3.8, 4) is 11.3 Å². The normalized spacial score (nSPS) is 13.0. The highest BCUT2D eigenvalue weighted by atomic mass is 15.3. The number of hydrogen-bond acceptors (Lipinski definition) is 7. The van der Waals surface area contributed by atoms with Gasteiger partial charge in [0.25, 0.3) is 0 Å². The average Bonchev–Trinajstić information content (AvgIpc) is 2.90. The van der Waals surface area contributed by atoms with Crippen LogP contribution in [0, 0.1) is 6.92 Å². The summed E-state index contributed by atoms with van der Waals surface area (Å²) in [6, 6.07) is 9.74. The number of anilines is 2. The number of nitrogens with zero attached hydrogens (tertiary/aromatic N) is 6. The van der Waals surface area contributed by atoms with Gasteiger partial charge in [-0.1, -0.05) is 6.58 Å². The van der Waals surface area contributed by atoms with Crippen molar-refractivity contribution in [1.82, 2.24) is 19.9 Å². The lowest BCUT2D eigenvalue weighted by molar-refractivity contribution is 0.909. The number of aliphatic imine (C=N–C) groups is 1. The third kappa shape index (κ3) is 3.67. The summed E-state index contributed by atoms with van der Waals surface area (Å²) in [4.78, 5) is 23.8. The van der Waals surface area contributed by atoms with E-state index in [1.807, 2.05) is 42.3 Å². The highest BCUT2D eigenvalue weighted by Crippen LogP contribution is 2.33. The average molecular weight is 357 g/mol. The number of fused-ring (bicyclic) bond motifs is 1. The highest BCUT2D eigenvalue weighted by Gasteiger charge is 2.19. The summed E-state index contributed by atoms with van der Waals surface area (Å²) in [7, 11) is 0. The van der Waals surface area contributed by atoms with Gasteiger partial charge in [0.15, 0.2) is 5.82 Å². The lowest BCUT2D eigenvalue weighted by atomic mass is 10.1. The maximum atomic E-state index is 4.88. The molecule has 0 atom stereocenters. The number of pyridine rings is 2. The molecule has 0 aliphatic carbocycles. The molecule has 0 radical (unpaired) electrons. The third-order valence-corrected chi connectivity index (χ3v) is 4.19. The second-order valence-electron chi connectivity index (χ2n) is 6.14. The number of aryl methyl sites for hydroxylation is 1. The van der Waals surface area contributed by atoms with Gasteiger partial charge in [-0.25, -0.2) is 15.0 Å². The molecule has 7 heteroatoms. The molecule has 0 spiro atoms.